The highest BCUT2D eigenvalue weighted by Crippen LogP contribution is 2.39. The summed E-state index contributed by atoms with van der Waals surface area (Å²) in [5.74, 6) is 1.69. The second-order valence-corrected chi connectivity index (χ2v) is 5.66. The van der Waals surface area contributed by atoms with Crippen LogP contribution < -0.4 is 14.8 Å². The van der Waals surface area contributed by atoms with Crippen LogP contribution in [0.25, 0.3) is 0 Å². The maximum Gasteiger partial charge on any atom is 0.127 e. The summed E-state index contributed by atoms with van der Waals surface area (Å²) in [6.07, 6.45) is 1.06. The van der Waals surface area contributed by atoms with Crippen molar-refractivity contribution < 1.29 is 9.47 Å². The van der Waals surface area contributed by atoms with Crippen molar-refractivity contribution >= 4 is 11.3 Å². The first-order valence-corrected chi connectivity index (χ1v) is 7.53. The van der Waals surface area contributed by atoms with E-state index in [4.69, 9.17) is 9.47 Å². The molecule has 1 heterocycles. The molecule has 0 spiro atoms. The van der Waals surface area contributed by atoms with Crippen molar-refractivity contribution in [2.24, 2.45) is 0 Å². The molecule has 1 aromatic carbocycles. The molecule has 0 aliphatic carbocycles. The maximum atomic E-state index is 5.51. The molecule has 0 fully saturated rings. The Hall–Kier alpha value is -1.52. The molecule has 1 aromatic heterocycles. The van der Waals surface area contributed by atoms with Gasteiger partial charge in [-0.05, 0) is 37.7 Å². The monoisotopic (exact) mass is 291 g/mol. The molecule has 20 heavy (non-hydrogen) atoms. The number of hydrogen-bond donors (Lipinski definition) is 1. The average Bonchev–Trinajstić information content (AvgIpc) is 2.97. The number of aryl methyl sites for hydroxylation is 1. The lowest BCUT2D eigenvalue weighted by Gasteiger charge is -2.21. The first-order chi connectivity index (χ1) is 9.74. The van der Waals surface area contributed by atoms with Crippen LogP contribution in [0.15, 0.2) is 30.3 Å². The summed E-state index contributed by atoms with van der Waals surface area (Å²) in [6, 6.07) is 10.3. The molecule has 0 saturated heterocycles. The molecule has 3 nitrogen and oxygen atoms in total. The number of hydrogen-bond acceptors (Lipinski definition) is 4. The Morgan fingerprint density at radius 2 is 1.75 bits per heavy atom. The Morgan fingerprint density at radius 1 is 1.10 bits per heavy atom. The van der Waals surface area contributed by atoms with Crippen LogP contribution in [0, 0.1) is 0 Å². The number of thiophene rings is 1. The van der Waals surface area contributed by atoms with Gasteiger partial charge < -0.3 is 14.8 Å². The van der Waals surface area contributed by atoms with Gasteiger partial charge in [0.2, 0.25) is 0 Å². The first-order valence-electron chi connectivity index (χ1n) is 6.71. The summed E-state index contributed by atoms with van der Waals surface area (Å²) >= 11 is 1.83. The summed E-state index contributed by atoms with van der Waals surface area (Å²) in [5.41, 5.74) is 1.05. The van der Waals surface area contributed by atoms with Crippen LogP contribution >= 0.6 is 11.3 Å². The smallest absolute Gasteiger partial charge is 0.127 e. The Kier molecular flexibility index (Phi) is 5.04. The third-order valence-corrected chi connectivity index (χ3v) is 4.65. The summed E-state index contributed by atoms with van der Waals surface area (Å²) < 4.78 is 11.0. The van der Waals surface area contributed by atoms with Crippen LogP contribution in [0.3, 0.4) is 0 Å². The van der Waals surface area contributed by atoms with E-state index in [-0.39, 0.29) is 6.04 Å². The number of ether oxygens (including phenoxy) is 2. The van der Waals surface area contributed by atoms with Crippen molar-refractivity contribution in [3.8, 4) is 11.5 Å². The third kappa shape index (κ3) is 2.81. The third-order valence-electron chi connectivity index (χ3n) is 3.36. The standard InChI is InChI=1S/C16H21NO2S/c1-5-11-9-10-14(20-11)16(17-2)15-12(18-3)7-6-8-13(15)19-4/h6-10,16-17H,5H2,1-4H3. The van der Waals surface area contributed by atoms with Crippen molar-refractivity contribution in [1.82, 2.24) is 5.32 Å². The van der Waals surface area contributed by atoms with E-state index in [1.165, 1.54) is 9.75 Å². The zero-order valence-corrected chi connectivity index (χ0v) is 13.2. The van der Waals surface area contributed by atoms with Crippen molar-refractivity contribution in [2.75, 3.05) is 21.3 Å². The van der Waals surface area contributed by atoms with E-state index in [0.29, 0.717) is 0 Å². The average molecular weight is 291 g/mol. The van der Waals surface area contributed by atoms with Crippen LogP contribution in [0.4, 0.5) is 0 Å². The van der Waals surface area contributed by atoms with E-state index in [0.717, 1.165) is 23.5 Å². The van der Waals surface area contributed by atoms with E-state index in [9.17, 15) is 0 Å². The molecule has 0 bridgehead atoms. The second-order valence-electron chi connectivity index (χ2n) is 4.46. The molecule has 2 rings (SSSR count). The molecule has 1 unspecified atom stereocenters. The van der Waals surface area contributed by atoms with Crippen LogP contribution in [-0.4, -0.2) is 21.3 Å². The van der Waals surface area contributed by atoms with Crippen LogP contribution in [0.2, 0.25) is 0 Å². The van der Waals surface area contributed by atoms with Crippen LogP contribution in [0.5, 0.6) is 11.5 Å². The fourth-order valence-electron chi connectivity index (χ4n) is 2.33. The molecule has 2 aromatic rings. The van der Waals surface area contributed by atoms with Gasteiger partial charge in [-0.15, -0.1) is 11.3 Å². The van der Waals surface area contributed by atoms with Gasteiger partial charge in [0.25, 0.3) is 0 Å². The molecule has 0 aliphatic heterocycles. The lowest BCUT2D eigenvalue weighted by molar-refractivity contribution is 0.379. The van der Waals surface area contributed by atoms with E-state index < -0.39 is 0 Å². The van der Waals surface area contributed by atoms with Crippen molar-refractivity contribution in [3.05, 3.63) is 45.6 Å². The number of benzene rings is 1. The van der Waals surface area contributed by atoms with E-state index in [1.54, 1.807) is 14.2 Å². The van der Waals surface area contributed by atoms with Gasteiger partial charge >= 0.3 is 0 Å². The molecule has 0 radical (unpaired) electrons. The highest BCUT2D eigenvalue weighted by molar-refractivity contribution is 7.12. The quantitative estimate of drug-likeness (QED) is 0.881. The Labute approximate surface area is 124 Å². The highest BCUT2D eigenvalue weighted by Gasteiger charge is 2.22. The highest BCUT2D eigenvalue weighted by atomic mass is 32.1. The van der Waals surface area contributed by atoms with Crippen molar-refractivity contribution in [3.63, 3.8) is 0 Å². The maximum absolute atomic E-state index is 5.51. The molecule has 108 valence electrons. The molecular formula is C16H21NO2S. The van der Waals surface area contributed by atoms with E-state index in [1.807, 2.05) is 36.6 Å². The first kappa shape index (κ1) is 14.9. The number of nitrogens with one attached hydrogen (secondary N) is 1. The summed E-state index contributed by atoms with van der Waals surface area (Å²) in [6.45, 7) is 2.17. The van der Waals surface area contributed by atoms with Gasteiger partial charge in [-0.3, -0.25) is 0 Å². The molecule has 4 heteroatoms. The summed E-state index contributed by atoms with van der Waals surface area (Å²) in [4.78, 5) is 2.65. The molecule has 1 N–H and O–H groups in total. The van der Waals surface area contributed by atoms with Gasteiger partial charge in [0.15, 0.2) is 0 Å². The fourth-order valence-corrected chi connectivity index (χ4v) is 3.41. The van der Waals surface area contributed by atoms with Gasteiger partial charge in [0.05, 0.1) is 25.8 Å². The largest absolute Gasteiger partial charge is 0.496 e. The van der Waals surface area contributed by atoms with Gasteiger partial charge in [-0.25, -0.2) is 0 Å². The number of methoxy groups -OCH3 is 2. The normalized spacial score (nSPS) is 12.2. The Balaban J connectivity index is 2.50. The van der Waals surface area contributed by atoms with Gasteiger partial charge in [0.1, 0.15) is 11.5 Å². The Bertz CT molecular complexity index is 543. The predicted molar refractivity (Wildman–Crippen MR) is 84.1 cm³/mol. The minimum absolute atomic E-state index is 0.0754. The van der Waals surface area contributed by atoms with Gasteiger partial charge in [-0.2, -0.15) is 0 Å². The zero-order chi connectivity index (χ0) is 14.5. The summed E-state index contributed by atoms with van der Waals surface area (Å²) in [7, 11) is 5.34. The molecular weight excluding hydrogens is 270 g/mol. The van der Waals surface area contributed by atoms with Crippen LogP contribution in [-0.2, 0) is 6.42 Å². The second kappa shape index (κ2) is 6.77. The zero-order valence-electron chi connectivity index (χ0n) is 12.4. The van der Waals surface area contributed by atoms with Crippen LogP contribution in [0.1, 0.15) is 28.3 Å². The number of rotatable bonds is 6. The van der Waals surface area contributed by atoms with Crippen molar-refractivity contribution in [2.45, 2.75) is 19.4 Å². The Morgan fingerprint density at radius 3 is 2.20 bits per heavy atom. The summed E-state index contributed by atoms with van der Waals surface area (Å²) in [5, 5.41) is 3.37. The molecule has 0 amide bonds. The fraction of sp³-hybridized carbons (Fsp3) is 0.375. The molecule has 0 saturated carbocycles. The van der Waals surface area contributed by atoms with Gasteiger partial charge in [-0.1, -0.05) is 13.0 Å². The molecule has 0 aliphatic rings. The topological polar surface area (TPSA) is 30.5 Å². The SMILES string of the molecule is CCc1ccc(C(NC)c2c(OC)cccc2OC)s1. The van der Waals surface area contributed by atoms with E-state index in [2.05, 4.69) is 24.4 Å². The lowest BCUT2D eigenvalue weighted by atomic mass is 10.0. The predicted octanol–water partition coefficient (Wildman–Crippen LogP) is 3.64. The van der Waals surface area contributed by atoms with E-state index >= 15 is 0 Å². The minimum Gasteiger partial charge on any atom is -0.496 e. The lowest BCUT2D eigenvalue weighted by Crippen LogP contribution is -2.18. The van der Waals surface area contributed by atoms with Gasteiger partial charge in [0, 0.05) is 9.75 Å². The minimum atomic E-state index is 0.0754. The van der Waals surface area contributed by atoms with Crippen molar-refractivity contribution in [1.29, 1.82) is 0 Å². The molecule has 1 atom stereocenters.